The highest BCUT2D eigenvalue weighted by molar-refractivity contribution is 5.93. The number of halogens is 2. The van der Waals surface area contributed by atoms with Crippen LogP contribution >= 0.6 is 24.8 Å². The first-order valence-corrected chi connectivity index (χ1v) is 11.6. The number of fused-ring (bicyclic) bond motifs is 3. The van der Waals surface area contributed by atoms with E-state index in [1.807, 2.05) is 53.3 Å². The predicted octanol–water partition coefficient (Wildman–Crippen LogP) is 3.57. The third kappa shape index (κ3) is 4.52. The van der Waals surface area contributed by atoms with Crippen molar-refractivity contribution in [3.05, 3.63) is 71.0 Å². The minimum Gasteiger partial charge on any atom is -0.370 e. The van der Waals surface area contributed by atoms with E-state index in [0.29, 0.717) is 24.8 Å². The summed E-state index contributed by atoms with van der Waals surface area (Å²) in [7, 11) is 0. The van der Waals surface area contributed by atoms with E-state index in [1.54, 1.807) is 4.68 Å². The first-order chi connectivity index (χ1) is 15.8. The van der Waals surface area contributed by atoms with Crippen LogP contribution in [0.15, 0.2) is 59.8 Å². The average molecular weight is 501 g/mol. The highest BCUT2D eigenvalue weighted by atomic mass is 35.5. The van der Waals surface area contributed by atoms with Crippen molar-refractivity contribution in [2.24, 2.45) is 11.8 Å². The lowest BCUT2D eigenvalue weighted by atomic mass is 9.93. The Morgan fingerprint density at radius 3 is 2.82 bits per heavy atom. The smallest absolute Gasteiger partial charge is 0.276 e. The van der Waals surface area contributed by atoms with Crippen LogP contribution in [-0.2, 0) is 13.0 Å². The van der Waals surface area contributed by atoms with Gasteiger partial charge in [0, 0.05) is 37.3 Å². The number of hydrogen-bond acceptors (Lipinski definition) is 5. The molecule has 0 bridgehead atoms. The molecule has 1 N–H and O–H groups in total. The topological polar surface area (TPSA) is 67.5 Å². The SMILES string of the molecule is Cl.Cl.O=c1c2c(N3C[C@H]4CCCNC[C@H]4C3)cccc2cnn1CCc1cn2ccccc2n1. The maximum absolute atomic E-state index is 13.5. The van der Waals surface area contributed by atoms with E-state index in [-0.39, 0.29) is 30.4 Å². The second-order valence-corrected chi connectivity index (χ2v) is 9.13. The summed E-state index contributed by atoms with van der Waals surface area (Å²) in [5, 5.41) is 9.76. The molecule has 0 spiro atoms. The van der Waals surface area contributed by atoms with Crippen LogP contribution in [0.4, 0.5) is 5.69 Å². The standard InChI is InChI=1S/C25H28N6O.2ClH/c32-25-24-18(5-3-7-22(24)30-15-19-6-4-10-26-13-20(19)16-30)14-27-31(25)12-9-21-17-29-11-2-1-8-23(29)28-21;;/h1-3,5,7-8,11,14,17,19-20,26H,4,6,9-10,12-13,15-16H2;2*1H/t19-,20+;;/m1../s1. The number of aryl methyl sites for hydroxylation is 2. The van der Waals surface area contributed by atoms with E-state index in [9.17, 15) is 4.79 Å². The van der Waals surface area contributed by atoms with Gasteiger partial charge < -0.3 is 14.6 Å². The lowest BCUT2D eigenvalue weighted by molar-refractivity contribution is 0.414. The van der Waals surface area contributed by atoms with E-state index in [0.717, 1.165) is 54.0 Å². The molecule has 2 aliphatic heterocycles. The maximum atomic E-state index is 13.5. The lowest BCUT2D eigenvalue weighted by Crippen LogP contribution is -2.29. The van der Waals surface area contributed by atoms with Crippen LogP contribution in [0.2, 0.25) is 0 Å². The second kappa shape index (κ2) is 10.3. The number of imidazole rings is 1. The van der Waals surface area contributed by atoms with E-state index in [4.69, 9.17) is 0 Å². The molecule has 0 amide bonds. The molecule has 2 saturated heterocycles. The van der Waals surface area contributed by atoms with E-state index in [1.165, 1.54) is 12.8 Å². The molecule has 0 saturated carbocycles. The summed E-state index contributed by atoms with van der Waals surface area (Å²) in [5.41, 5.74) is 2.94. The molecule has 0 radical (unpaired) electrons. The molecule has 1 aromatic carbocycles. The van der Waals surface area contributed by atoms with E-state index in [2.05, 4.69) is 26.4 Å². The van der Waals surface area contributed by atoms with Gasteiger partial charge in [0.25, 0.3) is 5.56 Å². The normalized spacial score (nSPS) is 19.9. The number of benzene rings is 1. The minimum atomic E-state index is -0.00733. The zero-order valence-corrected chi connectivity index (χ0v) is 20.6. The Bertz CT molecular complexity index is 1290. The van der Waals surface area contributed by atoms with Gasteiger partial charge in [-0.2, -0.15) is 5.10 Å². The summed E-state index contributed by atoms with van der Waals surface area (Å²) >= 11 is 0. The molecule has 6 rings (SSSR count). The largest absolute Gasteiger partial charge is 0.370 e. The average Bonchev–Trinajstić information content (AvgIpc) is 3.35. The van der Waals surface area contributed by atoms with Crippen molar-refractivity contribution in [3.8, 4) is 0 Å². The van der Waals surface area contributed by atoms with Gasteiger partial charge in [0.15, 0.2) is 0 Å². The third-order valence-corrected chi connectivity index (χ3v) is 7.10. The number of nitrogens with one attached hydrogen (secondary N) is 1. The summed E-state index contributed by atoms with van der Waals surface area (Å²) in [5.74, 6) is 1.37. The summed E-state index contributed by atoms with van der Waals surface area (Å²) in [6, 6.07) is 12.1. The summed E-state index contributed by atoms with van der Waals surface area (Å²) in [6.45, 7) is 4.77. The number of nitrogens with zero attached hydrogens (tertiary/aromatic N) is 5. The minimum absolute atomic E-state index is 0. The lowest BCUT2D eigenvalue weighted by Gasteiger charge is -2.21. The van der Waals surface area contributed by atoms with Crippen LogP contribution in [0, 0.1) is 11.8 Å². The molecule has 3 aromatic heterocycles. The number of rotatable bonds is 4. The van der Waals surface area contributed by atoms with Crippen molar-refractivity contribution in [3.63, 3.8) is 0 Å². The van der Waals surface area contributed by atoms with Crippen LogP contribution in [0.5, 0.6) is 0 Å². The molecule has 5 heterocycles. The Morgan fingerprint density at radius 2 is 1.94 bits per heavy atom. The molecule has 2 aliphatic rings. The van der Waals surface area contributed by atoms with Gasteiger partial charge in [0.05, 0.1) is 29.5 Å². The van der Waals surface area contributed by atoms with Gasteiger partial charge in [-0.25, -0.2) is 9.67 Å². The Hall–Kier alpha value is -2.61. The monoisotopic (exact) mass is 500 g/mol. The molecule has 2 atom stereocenters. The highest BCUT2D eigenvalue weighted by Crippen LogP contribution is 2.34. The van der Waals surface area contributed by atoms with Gasteiger partial charge in [0.1, 0.15) is 5.65 Å². The van der Waals surface area contributed by atoms with Crippen LogP contribution < -0.4 is 15.8 Å². The number of aromatic nitrogens is 4. The summed E-state index contributed by atoms with van der Waals surface area (Å²) < 4.78 is 3.61. The highest BCUT2D eigenvalue weighted by Gasteiger charge is 2.34. The van der Waals surface area contributed by atoms with E-state index >= 15 is 0 Å². The second-order valence-electron chi connectivity index (χ2n) is 9.13. The fourth-order valence-corrected chi connectivity index (χ4v) is 5.43. The molecule has 0 aliphatic carbocycles. The van der Waals surface area contributed by atoms with Gasteiger partial charge in [0.2, 0.25) is 0 Å². The van der Waals surface area contributed by atoms with Gasteiger partial charge in [-0.05, 0) is 56.0 Å². The maximum Gasteiger partial charge on any atom is 0.276 e. The Balaban J connectivity index is 0.00000137. The number of pyridine rings is 1. The van der Waals surface area contributed by atoms with Gasteiger partial charge >= 0.3 is 0 Å². The van der Waals surface area contributed by atoms with Crippen molar-refractivity contribution in [1.29, 1.82) is 0 Å². The van der Waals surface area contributed by atoms with Crippen LogP contribution in [0.25, 0.3) is 16.4 Å². The van der Waals surface area contributed by atoms with Crippen LogP contribution in [-0.4, -0.2) is 45.3 Å². The van der Waals surface area contributed by atoms with Crippen molar-refractivity contribution in [2.45, 2.75) is 25.8 Å². The molecular weight excluding hydrogens is 471 g/mol. The number of hydrogen-bond donors (Lipinski definition) is 1. The Morgan fingerprint density at radius 1 is 1.06 bits per heavy atom. The first-order valence-electron chi connectivity index (χ1n) is 11.6. The summed E-state index contributed by atoms with van der Waals surface area (Å²) in [4.78, 5) is 20.6. The van der Waals surface area contributed by atoms with Crippen LogP contribution in [0.1, 0.15) is 18.5 Å². The molecule has 0 unspecified atom stereocenters. The zero-order valence-electron chi connectivity index (χ0n) is 19.0. The molecule has 9 heteroatoms. The molecule has 34 heavy (non-hydrogen) atoms. The van der Waals surface area contributed by atoms with Gasteiger partial charge in [-0.3, -0.25) is 4.79 Å². The molecule has 4 aromatic rings. The predicted molar refractivity (Wildman–Crippen MR) is 141 cm³/mol. The molecule has 180 valence electrons. The van der Waals surface area contributed by atoms with Gasteiger partial charge in [-0.15, -0.1) is 24.8 Å². The molecular formula is C25H30Cl2N6O. The van der Waals surface area contributed by atoms with Crippen molar-refractivity contribution < 1.29 is 0 Å². The quantitative estimate of drug-likeness (QED) is 0.463. The first kappa shape index (κ1) is 24.5. The van der Waals surface area contributed by atoms with Crippen LogP contribution in [0.3, 0.4) is 0 Å². The van der Waals surface area contributed by atoms with Crippen molar-refractivity contribution in [2.75, 3.05) is 31.1 Å². The number of anilines is 1. The Kier molecular flexibility index (Phi) is 7.45. The van der Waals surface area contributed by atoms with Crippen molar-refractivity contribution >= 4 is 46.9 Å². The fraction of sp³-hybridized carbons (Fsp3) is 0.400. The molecule has 7 nitrogen and oxygen atoms in total. The van der Waals surface area contributed by atoms with E-state index < -0.39 is 0 Å². The third-order valence-electron chi connectivity index (χ3n) is 7.10. The zero-order chi connectivity index (χ0) is 21.5. The van der Waals surface area contributed by atoms with Gasteiger partial charge in [-0.1, -0.05) is 18.2 Å². The summed E-state index contributed by atoms with van der Waals surface area (Å²) in [6.07, 6.45) is 9.02. The van der Waals surface area contributed by atoms with Crippen molar-refractivity contribution in [1.82, 2.24) is 24.5 Å². The fourth-order valence-electron chi connectivity index (χ4n) is 5.43. The molecule has 2 fully saturated rings. The Labute approximate surface area is 211 Å².